The number of amides is 1. The molecule has 1 aromatic carbocycles. The molecule has 104 valence electrons. The lowest BCUT2D eigenvalue weighted by molar-refractivity contribution is -0.124. The number of hydrogen-bond donors (Lipinski definition) is 1. The third-order valence-electron chi connectivity index (χ3n) is 3.28. The summed E-state index contributed by atoms with van der Waals surface area (Å²) in [5, 5.41) is 11.6. The monoisotopic (exact) mass is 272 g/mol. The minimum absolute atomic E-state index is 0.128. The first kappa shape index (κ1) is 14.1. The molecule has 0 radical (unpaired) electrons. The number of rotatable bonds is 5. The van der Waals surface area contributed by atoms with Gasteiger partial charge in [-0.15, -0.1) is 0 Å². The molecule has 20 heavy (non-hydrogen) atoms. The first-order chi connectivity index (χ1) is 9.60. The second-order valence-corrected chi connectivity index (χ2v) is 4.96. The lowest BCUT2D eigenvalue weighted by atomic mass is 10.1. The van der Waals surface area contributed by atoms with E-state index < -0.39 is 5.97 Å². The summed E-state index contributed by atoms with van der Waals surface area (Å²) in [6, 6.07) is 8.26. The molecule has 2 rings (SSSR count). The standard InChI is InChI=1S/C15H16N2O3/c1-10(12-5-6-12)17-14(18)9-20-15(19)13-4-2-3-11(7-13)8-16/h2-4,7,10,12H,5-6,9H2,1H3,(H,17,18)/t10-/m1/s1. The van der Waals surface area contributed by atoms with E-state index in [9.17, 15) is 9.59 Å². The summed E-state index contributed by atoms with van der Waals surface area (Å²) in [7, 11) is 0. The van der Waals surface area contributed by atoms with Gasteiger partial charge in [-0.2, -0.15) is 5.26 Å². The maximum absolute atomic E-state index is 11.7. The molecule has 0 unspecified atom stereocenters. The van der Waals surface area contributed by atoms with Crippen molar-refractivity contribution in [3.05, 3.63) is 35.4 Å². The first-order valence-electron chi connectivity index (χ1n) is 6.57. The lowest BCUT2D eigenvalue weighted by Crippen LogP contribution is -2.37. The van der Waals surface area contributed by atoms with E-state index in [0.29, 0.717) is 11.5 Å². The smallest absolute Gasteiger partial charge is 0.338 e. The largest absolute Gasteiger partial charge is 0.452 e. The van der Waals surface area contributed by atoms with Crippen molar-refractivity contribution < 1.29 is 14.3 Å². The average Bonchev–Trinajstić information content (AvgIpc) is 3.29. The van der Waals surface area contributed by atoms with Gasteiger partial charge in [-0.3, -0.25) is 4.79 Å². The van der Waals surface area contributed by atoms with Crippen LogP contribution in [-0.4, -0.2) is 24.5 Å². The SMILES string of the molecule is C[C@@H](NC(=O)COC(=O)c1cccc(C#N)c1)C1CC1. The number of hydrogen-bond acceptors (Lipinski definition) is 4. The number of nitrogens with one attached hydrogen (secondary N) is 1. The van der Waals surface area contributed by atoms with Gasteiger partial charge < -0.3 is 10.1 Å². The third kappa shape index (κ3) is 3.82. The second kappa shape index (κ2) is 6.20. The van der Waals surface area contributed by atoms with Gasteiger partial charge in [0, 0.05) is 6.04 Å². The van der Waals surface area contributed by atoms with Crippen LogP contribution >= 0.6 is 0 Å². The molecule has 0 saturated heterocycles. The number of nitrogens with zero attached hydrogens (tertiary/aromatic N) is 1. The molecule has 0 heterocycles. The van der Waals surface area contributed by atoms with Gasteiger partial charge in [0.25, 0.3) is 5.91 Å². The zero-order valence-electron chi connectivity index (χ0n) is 11.3. The van der Waals surface area contributed by atoms with Crippen molar-refractivity contribution in [2.24, 2.45) is 5.92 Å². The van der Waals surface area contributed by atoms with E-state index in [2.05, 4.69) is 5.32 Å². The molecule has 1 atom stereocenters. The maximum Gasteiger partial charge on any atom is 0.338 e. The molecule has 1 aliphatic carbocycles. The van der Waals surface area contributed by atoms with Gasteiger partial charge in [-0.25, -0.2) is 4.79 Å². The van der Waals surface area contributed by atoms with E-state index in [1.54, 1.807) is 18.2 Å². The van der Waals surface area contributed by atoms with Gasteiger partial charge in [-0.1, -0.05) is 6.07 Å². The number of nitriles is 1. The quantitative estimate of drug-likeness (QED) is 0.826. The van der Waals surface area contributed by atoms with Crippen molar-refractivity contribution in [1.29, 1.82) is 5.26 Å². The minimum Gasteiger partial charge on any atom is -0.452 e. The Bertz CT molecular complexity index is 558. The Balaban J connectivity index is 1.82. The highest BCUT2D eigenvalue weighted by molar-refractivity contribution is 5.91. The molecule has 0 aromatic heterocycles. The summed E-state index contributed by atoms with van der Waals surface area (Å²) >= 11 is 0. The van der Waals surface area contributed by atoms with Crippen molar-refractivity contribution in [3.8, 4) is 6.07 Å². The van der Waals surface area contributed by atoms with Crippen LogP contribution in [0.2, 0.25) is 0 Å². The fourth-order valence-corrected chi connectivity index (χ4v) is 1.94. The van der Waals surface area contributed by atoms with Crippen molar-refractivity contribution >= 4 is 11.9 Å². The highest BCUT2D eigenvalue weighted by Crippen LogP contribution is 2.32. The Labute approximate surface area is 117 Å². The number of benzene rings is 1. The Morgan fingerprint density at radius 2 is 2.25 bits per heavy atom. The fraction of sp³-hybridized carbons (Fsp3) is 0.400. The molecule has 1 N–H and O–H groups in total. The summed E-state index contributed by atoms with van der Waals surface area (Å²) in [5.74, 6) is -0.340. The van der Waals surface area contributed by atoms with Crippen LogP contribution in [0, 0.1) is 17.2 Å². The predicted molar refractivity (Wildman–Crippen MR) is 71.8 cm³/mol. The summed E-state index contributed by atoms with van der Waals surface area (Å²) in [6.07, 6.45) is 2.28. The van der Waals surface area contributed by atoms with Gasteiger partial charge >= 0.3 is 5.97 Å². The second-order valence-electron chi connectivity index (χ2n) is 4.96. The van der Waals surface area contributed by atoms with E-state index in [0.717, 1.165) is 12.8 Å². The average molecular weight is 272 g/mol. The van der Waals surface area contributed by atoms with Crippen LogP contribution in [-0.2, 0) is 9.53 Å². The van der Waals surface area contributed by atoms with Gasteiger partial charge in [0.2, 0.25) is 0 Å². The Kier molecular flexibility index (Phi) is 4.36. The molecule has 1 amide bonds. The number of esters is 1. The summed E-state index contributed by atoms with van der Waals surface area (Å²) in [5.41, 5.74) is 0.651. The molecule has 1 aromatic rings. The Hall–Kier alpha value is -2.35. The van der Waals surface area contributed by atoms with Crippen molar-refractivity contribution in [3.63, 3.8) is 0 Å². The highest BCUT2D eigenvalue weighted by Gasteiger charge is 2.28. The van der Waals surface area contributed by atoms with Crippen molar-refractivity contribution in [1.82, 2.24) is 5.32 Å². The number of carbonyl (C=O) groups excluding carboxylic acids is 2. The summed E-state index contributed by atoms with van der Waals surface area (Å²) < 4.78 is 4.93. The molecule has 0 spiro atoms. The zero-order chi connectivity index (χ0) is 14.5. The highest BCUT2D eigenvalue weighted by atomic mass is 16.5. The van der Waals surface area contributed by atoms with E-state index >= 15 is 0 Å². The van der Waals surface area contributed by atoms with Gasteiger partial charge in [-0.05, 0) is 43.9 Å². The molecule has 1 aliphatic rings. The normalized spacial score (nSPS) is 15.0. The van der Waals surface area contributed by atoms with Crippen LogP contribution in [0.3, 0.4) is 0 Å². The number of ether oxygens (including phenoxy) is 1. The van der Waals surface area contributed by atoms with Crippen LogP contribution < -0.4 is 5.32 Å². The Morgan fingerprint density at radius 1 is 1.50 bits per heavy atom. The zero-order valence-corrected chi connectivity index (χ0v) is 11.3. The van der Waals surface area contributed by atoms with Crippen LogP contribution in [0.25, 0.3) is 0 Å². The Morgan fingerprint density at radius 3 is 2.90 bits per heavy atom. The van der Waals surface area contributed by atoms with Crippen LogP contribution in [0.15, 0.2) is 24.3 Å². The molecule has 0 aliphatic heterocycles. The first-order valence-corrected chi connectivity index (χ1v) is 6.57. The van der Waals surface area contributed by atoms with E-state index in [4.69, 9.17) is 10.00 Å². The van der Waals surface area contributed by atoms with Gasteiger partial charge in [0.15, 0.2) is 6.61 Å². The molecule has 5 heteroatoms. The van der Waals surface area contributed by atoms with Crippen LogP contribution in [0.4, 0.5) is 0 Å². The summed E-state index contributed by atoms with van der Waals surface area (Å²) in [4.78, 5) is 23.3. The molecule has 0 bridgehead atoms. The maximum atomic E-state index is 11.7. The van der Waals surface area contributed by atoms with E-state index in [1.807, 2.05) is 13.0 Å². The van der Waals surface area contributed by atoms with Crippen molar-refractivity contribution in [2.75, 3.05) is 6.61 Å². The van der Waals surface area contributed by atoms with Gasteiger partial charge in [0.1, 0.15) is 0 Å². The van der Waals surface area contributed by atoms with E-state index in [-0.39, 0.29) is 24.1 Å². The topological polar surface area (TPSA) is 79.2 Å². The summed E-state index contributed by atoms with van der Waals surface area (Å²) in [6.45, 7) is 1.65. The molecule has 1 saturated carbocycles. The molecular formula is C15H16N2O3. The molecule has 5 nitrogen and oxygen atoms in total. The molecule has 1 fully saturated rings. The molecular weight excluding hydrogens is 256 g/mol. The third-order valence-corrected chi connectivity index (χ3v) is 3.28. The fourth-order valence-electron chi connectivity index (χ4n) is 1.94. The minimum atomic E-state index is -0.601. The van der Waals surface area contributed by atoms with Gasteiger partial charge in [0.05, 0.1) is 17.2 Å². The predicted octanol–water partition coefficient (Wildman–Crippen LogP) is 1.63. The van der Waals surface area contributed by atoms with E-state index in [1.165, 1.54) is 6.07 Å². The van der Waals surface area contributed by atoms with Crippen LogP contribution in [0.5, 0.6) is 0 Å². The van der Waals surface area contributed by atoms with Crippen molar-refractivity contribution in [2.45, 2.75) is 25.8 Å². The lowest BCUT2D eigenvalue weighted by Gasteiger charge is -2.12. The van der Waals surface area contributed by atoms with Crippen LogP contribution in [0.1, 0.15) is 35.7 Å². The number of carbonyl (C=O) groups is 2.